The highest BCUT2D eigenvalue weighted by atomic mass is 32.1. The molecule has 0 aliphatic heterocycles. The number of methoxy groups -OCH3 is 1. The lowest BCUT2D eigenvalue weighted by Gasteiger charge is -2.13. The third kappa shape index (κ3) is 3.03. The Kier molecular flexibility index (Phi) is 4.47. The smallest absolute Gasteiger partial charge is 0.307 e. The molecule has 0 saturated heterocycles. The van der Waals surface area contributed by atoms with Gasteiger partial charge in [-0.1, -0.05) is 30.4 Å². The van der Waals surface area contributed by atoms with E-state index in [0.717, 1.165) is 16.6 Å². The Hall–Kier alpha value is -2.21. The summed E-state index contributed by atoms with van der Waals surface area (Å²) in [6.45, 7) is 0.441. The molecule has 0 amide bonds. The van der Waals surface area contributed by atoms with E-state index in [1.54, 1.807) is 6.20 Å². The van der Waals surface area contributed by atoms with Gasteiger partial charge in [0.25, 0.3) is 0 Å². The molecule has 1 aromatic heterocycles. The van der Waals surface area contributed by atoms with Crippen LogP contribution in [0.25, 0.3) is 10.9 Å². The first-order valence-electron chi connectivity index (χ1n) is 6.11. The lowest BCUT2D eigenvalue weighted by Crippen LogP contribution is -2.16. The number of aromatic nitrogens is 1. The van der Waals surface area contributed by atoms with E-state index in [0.29, 0.717) is 12.1 Å². The lowest BCUT2D eigenvalue weighted by atomic mass is 10.1. The average molecular weight is 289 g/mol. The molecule has 1 heterocycles. The van der Waals surface area contributed by atoms with Gasteiger partial charge in [0, 0.05) is 18.1 Å². The van der Waals surface area contributed by atoms with Crippen molar-refractivity contribution in [2.24, 2.45) is 5.73 Å². The molecule has 0 bridgehead atoms. The topological polar surface area (TPSA) is 77.2 Å². The van der Waals surface area contributed by atoms with Crippen LogP contribution in [-0.2, 0) is 9.53 Å². The monoisotopic (exact) mass is 289 g/mol. The van der Waals surface area contributed by atoms with Crippen LogP contribution in [0.4, 0.5) is 5.69 Å². The van der Waals surface area contributed by atoms with E-state index >= 15 is 0 Å². The van der Waals surface area contributed by atoms with E-state index in [1.165, 1.54) is 7.11 Å². The van der Waals surface area contributed by atoms with Gasteiger partial charge in [0.2, 0.25) is 0 Å². The number of thiocarbonyl (C=S) groups is 1. The van der Waals surface area contributed by atoms with Crippen LogP contribution in [0.3, 0.4) is 0 Å². The number of nitrogens with one attached hydrogen (secondary N) is 1. The Morgan fingerprint density at radius 2 is 2.20 bits per heavy atom. The highest BCUT2D eigenvalue weighted by Crippen LogP contribution is 2.25. The number of rotatable bonds is 5. The Labute approximate surface area is 122 Å². The third-order valence-electron chi connectivity index (χ3n) is 2.90. The summed E-state index contributed by atoms with van der Waals surface area (Å²) in [7, 11) is 1.37. The molecule has 0 aliphatic carbocycles. The largest absolute Gasteiger partial charge is 0.469 e. The van der Waals surface area contributed by atoms with E-state index in [9.17, 15) is 4.79 Å². The van der Waals surface area contributed by atoms with Crippen molar-refractivity contribution in [2.45, 2.75) is 6.42 Å². The first kappa shape index (κ1) is 14.2. The van der Waals surface area contributed by atoms with Gasteiger partial charge in [0.05, 0.1) is 30.3 Å². The number of hydrogen-bond acceptors (Lipinski definition) is 5. The summed E-state index contributed by atoms with van der Waals surface area (Å²) in [5.74, 6) is -0.271. The fraction of sp³-hybridized carbons (Fsp3) is 0.214. The van der Waals surface area contributed by atoms with E-state index in [4.69, 9.17) is 18.0 Å². The molecular weight excluding hydrogens is 274 g/mol. The van der Waals surface area contributed by atoms with Gasteiger partial charge in [0.15, 0.2) is 0 Å². The number of para-hydroxylation sites is 1. The molecule has 0 aliphatic rings. The number of nitrogens with zero attached hydrogens (tertiary/aromatic N) is 1. The molecule has 20 heavy (non-hydrogen) atoms. The first-order valence-corrected chi connectivity index (χ1v) is 6.52. The van der Waals surface area contributed by atoms with Gasteiger partial charge in [-0.25, -0.2) is 0 Å². The zero-order valence-electron chi connectivity index (χ0n) is 11.1. The number of anilines is 1. The molecule has 0 saturated carbocycles. The van der Waals surface area contributed by atoms with Crippen LogP contribution >= 0.6 is 12.2 Å². The minimum Gasteiger partial charge on any atom is -0.469 e. The van der Waals surface area contributed by atoms with Crippen LogP contribution < -0.4 is 11.1 Å². The molecule has 104 valence electrons. The third-order valence-corrected chi connectivity index (χ3v) is 3.12. The van der Waals surface area contributed by atoms with Crippen molar-refractivity contribution in [1.29, 1.82) is 0 Å². The summed E-state index contributed by atoms with van der Waals surface area (Å²) in [5.41, 5.74) is 8.03. The Morgan fingerprint density at radius 1 is 1.45 bits per heavy atom. The Balaban J connectivity index is 2.34. The van der Waals surface area contributed by atoms with Crippen LogP contribution in [-0.4, -0.2) is 29.6 Å². The fourth-order valence-electron chi connectivity index (χ4n) is 1.91. The molecule has 5 nitrogen and oxygen atoms in total. The molecule has 6 heteroatoms. The van der Waals surface area contributed by atoms with Crippen LogP contribution in [0.1, 0.15) is 12.0 Å². The average Bonchev–Trinajstić information content (AvgIpc) is 2.46. The normalized spacial score (nSPS) is 10.2. The summed E-state index contributed by atoms with van der Waals surface area (Å²) in [6, 6.07) is 7.67. The van der Waals surface area contributed by atoms with Gasteiger partial charge in [0.1, 0.15) is 4.99 Å². The number of fused-ring (bicyclic) bond motifs is 1. The zero-order valence-corrected chi connectivity index (χ0v) is 11.9. The molecule has 0 fully saturated rings. The van der Waals surface area contributed by atoms with Crippen LogP contribution in [0.5, 0.6) is 0 Å². The molecule has 0 atom stereocenters. The standard InChI is InChI=1S/C14H15N3O2S/c1-19-12(18)6-7-16-13-9-4-2-3-5-11(9)17-8-10(13)14(15)20/h2-5,8H,6-7H2,1H3,(H2,15,20)(H,16,17). The van der Waals surface area contributed by atoms with E-state index in [1.807, 2.05) is 24.3 Å². The number of nitrogens with two attached hydrogens (primary N) is 1. The minimum atomic E-state index is -0.271. The molecule has 1 aromatic carbocycles. The van der Waals surface area contributed by atoms with Crippen LogP contribution in [0, 0.1) is 0 Å². The summed E-state index contributed by atoms with van der Waals surface area (Å²) < 4.78 is 4.61. The Morgan fingerprint density at radius 3 is 2.90 bits per heavy atom. The SMILES string of the molecule is COC(=O)CCNc1c(C(N)=S)cnc2ccccc12. The van der Waals surface area contributed by atoms with Crippen molar-refractivity contribution in [3.63, 3.8) is 0 Å². The number of pyridine rings is 1. The number of benzene rings is 1. The molecule has 0 radical (unpaired) electrons. The van der Waals surface area contributed by atoms with E-state index in [2.05, 4.69) is 15.0 Å². The first-order chi connectivity index (χ1) is 9.63. The van der Waals surface area contributed by atoms with Gasteiger partial charge < -0.3 is 15.8 Å². The fourth-order valence-corrected chi connectivity index (χ4v) is 2.07. The lowest BCUT2D eigenvalue weighted by molar-refractivity contribution is -0.140. The molecular formula is C14H15N3O2S. The maximum absolute atomic E-state index is 11.2. The number of carbonyl (C=O) groups excluding carboxylic acids is 1. The molecule has 2 aromatic rings. The van der Waals surface area contributed by atoms with Crippen molar-refractivity contribution in [3.05, 3.63) is 36.0 Å². The molecule has 3 N–H and O–H groups in total. The summed E-state index contributed by atoms with van der Waals surface area (Å²) in [4.78, 5) is 15.8. The number of esters is 1. The van der Waals surface area contributed by atoms with Crippen LogP contribution in [0.15, 0.2) is 30.5 Å². The summed E-state index contributed by atoms with van der Waals surface area (Å²) in [6.07, 6.45) is 1.91. The molecule has 0 spiro atoms. The molecule has 0 unspecified atom stereocenters. The van der Waals surface area contributed by atoms with Gasteiger partial charge in [-0.15, -0.1) is 0 Å². The highest BCUT2D eigenvalue weighted by Gasteiger charge is 2.11. The second-order valence-corrected chi connectivity index (χ2v) is 4.62. The Bertz CT molecular complexity index is 658. The van der Waals surface area contributed by atoms with Crippen molar-refractivity contribution in [1.82, 2.24) is 4.98 Å². The van der Waals surface area contributed by atoms with Crippen LogP contribution in [0.2, 0.25) is 0 Å². The quantitative estimate of drug-likeness (QED) is 0.646. The van der Waals surface area contributed by atoms with Gasteiger partial charge in [-0.05, 0) is 6.07 Å². The maximum atomic E-state index is 11.2. The van der Waals surface area contributed by atoms with Crippen molar-refractivity contribution < 1.29 is 9.53 Å². The predicted molar refractivity (Wildman–Crippen MR) is 82.8 cm³/mol. The van der Waals surface area contributed by atoms with Gasteiger partial charge in [-0.2, -0.15) is 0 Å². The van der Waals surface area contributed by atoms with Gasteiger partial charge in [-0.3, -0.25) is 9.78 Å². The van der Waals surface area contributed by atoms with Gasteiger partial charge >= 0.3 is 5.97 Å². The zero-order chi connectivity index (χ0) is 14.5. The minimum absolute atomic E-state index is 0.267. The second-order valence-electron chi connectivity index (χ2n) is 4.18. The highest BCUT2D eigenvalue weighted by molar-refractivity contribution is 7.80. The summed E-state index contributed by atoms with van der Waals surface area (Å²) in [5, 5.41) is 4.11. The van der Waals surface area contributed by atoms with E-state index < -0.39 is 0 Å². The van der Waals surface area contributed by atoms with Crippen molar-refractivity contribution in [3.8, 4) is 0 Å². The number of hydrogen-bond donors (Lipinski definition) is 2. The maximum Gasteiger partial charge on any atom is 0.307 e. The van der Waals surface area contributed by atoms with Crippen molar-refractivity contribution in [2.75, 3.05) is 19.0 Å². The second kappa shape index (κ2) is 6.29. The summed E-state index contributed by atoms with van der Waals surface area (Å²) >= 11 is 5.04. The molecule has 2 rings (SSSR count). The predicted octanol–water partition coefficient (Wildman–Crippen LogP) is 1.84. The van der Waals surface area contributed by atoms with Crippen molar-refractivity contribution >= 4 is 39.8 Å². The number of carbonyl (C=O) groups is 1. The van der Waals surface area contributed by atoms with E-state index in [-0.39, 0.29) is 17.4 Å². The number of ether oxygens (including phenoxy) is 1.